The Hall–Kier alpha value is -2.08. The largest absolute Gasteiger partial charge is 0.497 e. The van der Waals surface area contributed by atoms with E-state index in [1.807, 2.05) is 31.2 Å². The van der Waals surface area contributed by atoms with Crippen LogP contribution in [0.5, 0.6) is 5.75 Å². The molecule has 1 fully saturated rings. The quantitative estimate of drug-likeness (QED) is 0.644. The minimum absolute atomic E-state index is 0.0193. The van der Waals surface area contributed by atoms with Crippen molar-refractivity contribution in [3.05, 3.63) is 29.8 Å². The average Bonchev–Trinajstić information content (AvgIpc) is 2.71. The molecule has 2 amide bonds. The predicted molar refractivity (Wildman–Crippen MR) is 109 cm³/mol. The molecule has 1 saturated carbocycles. The first-order valence-corrected chi connectivity index (χ1v) is 10.4. The van der Waals surface area contributed by atoms with Crippen LogP contribution in [0.15, 0.2) is 24.3 Å². The summed E-state index contributed by atoms with van der Waals surface area (Å²) in [5, 5.41) is 6.11. The van der Waals surface area contributed by atoms with E-state index < -0.39 is 0 Å². The maximum absolute atomic E-state index is 12.5. The monoisotopic (exact) mass is 390 g/mol. The Balaban J connectivity index is 1.92. The molecule has 28 heavy (non-hydrogen) atoms. The van der Waals surface area contributed by atoms with Crippen LogP contribution in [-0.2, 0) is 20.7 Å². The highest BCUT2D eigenvalue weighted by molar-refractivity contribution is 5.80. The van der Waals surface area contributed by atoms with Crippen molar-refractivity contribution in [2.45, 2.75) is 64.5 Å². The minimum atomic E-state index is -0.120. The van der Waals surface area contributed by atoms with E-state index in [0.29, 0.717) is 26.0 Å². The van der Waals surface area contributed by atoms with E-state index in [0.717, 1.165) is 37.0 Å². The average molecular weight is 391 g/mol. The van der Waals surface area contributed by atoms with Crippen LogP contribution >= 0.6 is 0 Å². The maximum Gasteiger partial charge on any atom is 0.224 e. The molecule has 3 atom stereocenters. The molecular formula is C22H34N2O4. The molecule has 0 unspecified atom stereocenters. The third kappa shape index (κ3) is 6.82. The van der Waals surface area contributed by atoms with Crippen LogP contribution in [0.4, 0.5) is 0 Å². The number of hydrogen-bond acceptors (Lipinski definition) is 4. The molecule has 0 aromatic heterocycles. The van der Waals surface area contributed by atoms with Gasteiger partial charge in [0, 0.05) is 19.1 Å². The Kier molecular flexibility index (Phi) is 9.28. The lowest BCUT2D eigenvalue weighted by Crippen LogP contribution is -2.50. The lowest BCUT2D eigenvalue weighted by molar-refractivity contribution is -0.129. The first-order valence-electron chi connectivity index (χ1n) is 10.4. The van der Waals surface area contributed by atoms with Crippen molar-refractivity contribution < 1.29 is 19.1 Å². The Morgan fingerprint density at radius 3 is 2.50 bits per heavy atom. The van der Waals surface area contributed by atoms with Crippen molar-refractivity contribution in [1.29, 1.82) is 0 Å². The zero-order chi connectivity index (χ0) is 20.4. The summed E-state index contributed by atoms with van der Waals surface area (Å²) < 4.78 is 11.2. The second-order valence-electron chi connectivity index (χ2n) is 7.41. The third-order valence-electron chi connectivity index (χ3n) is 5.12. The van der Waals surface area contributed by atoms with Gasteiger partial charge in [0.1, 0.15) is 5.75 Å². The standard InChI is InChI=1S/C22H34N2O4/c1-4-12-23-22(26)17-8-11-19(20(15-17)28-13-5-2)24-21(25)14-16-6-9-18(27-3)10-7-16/h6-7,9-10,17,19-20H,4-5,8,11-15H2,1-3H3,(H,23,26)(H,24,25)/t17-,19+,20+/m0/s1. The van der Waals surface area contributed by atoms with Gasteiger partial charge in [-0.1, -0.05) is 26.0 Å². The highest BCUT2D eigenvalue weighted by atomic mass is 16.5. The fourth-order valence-electron chi connectivity index (χ4n) is 3.56. The molecule has 2 rings (SSSR count). The second kappa shape index (κ2) is 11.7. The molecule has 2 N–H and O–H groups in total. The summed E-state index contributed by atoms with van der Waals surface area (Å²) in [7, 11) is 1.62. The predicted octanol–water partition coefficient (Wildman–Crippen LogP) is 2.84. The van der Waals surface area contributed by atoms with Gasteiger partial charge in [-0.25, -0.2) is 0 Å². The van der Waals surface area contributed by atoms with Gasteiger partial charge >= 0.3 is 0 Å². The van der Waals surface area contributed by atoms with E-state index in [1.54, 1.807) is 7.11 Å². The number of carbonyl (C=O) groups excluding carboxylic acids is 2. The zero-order valence-corrected chi connectivity index (χ0v) is 17.3. The Morgan fingerprint density at radius 2 is 1.86 bits per heavy atom. The van der Waals surface area contributed by atoms with Crippen LogP contribution in [0.1, 0.15) is 51.5 Å². The lowest BCUT2D eigenvalue weighted by Gasteiger charge is -2.36. The number of methoxy groups -OCH3 is 1. The number of benzene rings is 1. The summed E-state index contributed by atoms with van der Waals surface area (Å²) in [4.78, 5) is 24.9. The molecule has 0 bridgehead atoms. The number of amides is 2. The lowest BCUT2D eigenvalue weighted by atomic mass is 9.83. The van der Waals surface area contributed by atoms with E-state index in [9.17, 15) is 9.59 Å². The van der Waals surface area contributed by atoms with Gasteiger partial charge in [-0.15, -0.1) is 0 Å². The molecule has 1 aromatic rings. The van der Waals surface area contributed by atoms with E-state index >= 15 is 0 Å². The first-order chi connectivity index (χ1) is 13.6. The van der Waals surface area contributed by atoms with E-state index in [2.05, 4.69) is 17.6 Å². The second-order valence-corrected chi connectivity index (χ2v) is 7.41. The number of carbonyl (C=O) groups is 2. The summed E-state index contributed by atoms with van der Waals surface area (Å²) in [5.74, 6) is 0.823. The van der Waals surface area contributed by atoms with Gasteiger partial charge in [0.05, 0.1) is 25.7 Å². The molecule has 0 aliphatic heterocycles. The summed E-state index contributed by atoms with van der Waals surface area (Å²) in [6, 6.07) is 7.47. The fourth-order valence-corrected chi connectivity index (χ4v) is 3.56. The molecule has 0 heterocycles. The van der Waals surface area contributed by atoms with Gasteiger partial charge in [0.15, 0.2) is 0 Å². The van der Waals surface area contributed by atoms with Crippen LogP contribution in [0.25, 0.3) is 0 Å². The van der Waals surface area contributed by atoms with Gasteiger partial charge in [0.25, 0.3) is 0 Å². The zero-order valence-electron chi connectivity index (χ0n) is 17.3. The number of hydrogen-bond donors (Lipinski definition) is 2. The normalized spacial score (nSPS) is 21.8. The molecule has 0 radical (unpaired) electrons. The highest BCUT2D eigenvalue weighted by Crippen LogP contribution is 2.27. The summed E-state index contributed by atoms with van der Waals surface area (Å²) >= 11 is 0. The van der Waals surface area contributed by atoms with Crippen molar-refractivity contribution in [3.8, 4) is 5.75 Å². The van der Waals surface area contributed by atoms with Crippen molar-refractivity contribution in [3.63, 3.8) is 0 Å². The Bertz CT molecular complexity index is 617. The van der Waals surface area contributed by atoms with Crippen molar-refractivity contribution in [2.24, 2.45) is 5.92 Å². The molecule has 6 nitrogen and oxygen atoms in total. The van der Waals surface area contributed by atoms with Gasteiger partial charge < -0.3 is 20.1 Å². The molecule has 1 aliphatic carbocycles. The molecular weight excluding hydrogens is 356 g/mol. The van der Waals surface area contributed by atoms with Crippen LogP contribution in [0, 0.1) is 5.92 Å². The van der Waals surface area contributed by atoms with E-state index in [1.165, 1.54) is 0 Å². The summed E-state index contributed by atoms with van der Waals surface area (Å²) in [6.45, 7) is 5.45. The van der Waals surface area contributed by atoms with Crippen LogP contribution < -0.4 is 15.4 Å². The topological polar surface area (TPSA) is 76.7 Å². The Morgan fingerprint density at radius 1 is 1.11 bits per heavy atom. The third-order valence-corrected chi connectivity index (χ3v) is 5.12. The maximum atomic E-state index is 12.5. The van der Waals surface area contributed by atoms with Crippen molar-refractivity contribution >= 4 is 11.8 Å². The first kappa shape index (κ1) is 22.2. The minimum Gasteiger partial charge on any atom is -0.497 e. The van der Waals surface area contributed by atoms with Crippen LogP contribution in [-0.4, -0.2) is 44.2 Å². The van der Waals surface area contributed by atoms with Crippen LogP contribution in [0.3, 0.4) is 0 Å². The SMILES string of the molecule is CCCNC(=O)[C@H]1CC[C@@H](NC(=O)Cc2ccc(OC)cc2)[C@H](OCCC)C1. The van der Waals surface area contributed by atoms with Crippen molar-refractivity contribution in [2.75, 3.05) is 20.3 Å². The highest BCUT2D eigenvalue weighted by Gasteiger charge is 2.35. The van der Waals surface area contributed by atoms with Gasteiger partial charge in [-0.3, -0.25) is 9.59 Å². The molecule has 156 valence electrons. The smallest absolute Gasteiger partial charge is 0.224 e. The fraction of sp³-hybridized carbons (Fsp3) is 0.636. The summed E-state index contributed by atoms with van der Waals surface area (Å²) in [5.41, 5.74) is 0.942. The van der Waals surface area contributed by atoms with E-state index in [-0.39, 0.29) is 29.9 Å². The summed E-state index contributed by atoms with van der Waals surface area (Å²) in [6.07, 6.45) is 4.23. The number of nitrogens with one attached hydrogen (secondary N) is 2. The molecule has 1 aromatic carbocycles. The van der Waals surface area contributed by atoms with Gasteiger partial charge in [-0.2, -0.15) is 0 Å². The van der Waals surface area contributed by atoms with Gasteiger partial charge in [-0.05, 0) is 49.8 Å². The number of ether oxygens (including phenoxy) is 2. The van der Waals surface area contributed by atoms with Gasteiger partial charge in [0.2, 0.25) is 11.8 Å². The number of rotatable bonds is 10. The Labute approximate surface area is 168 Å². The molecule has 1 aliphatic rings. The molecule has 0 saturated heterocycles. The van der Waals surface area contributed by atoms with Crippen LogP contribution in [0.2, 0.25) is 0 Å². The van der Waals surface area contributed by atoms with E-state index in [4.69, 9.17) is 9.47 Å². The van der Waals surface area contributed by atoms with Crippen molar-refractivity contribution in [1.82, 2.24) is 10.6 Å². The molecule has 0 spiro atoms. The molecule has 6 heteroatoms.